The van der Waals surface area contributed by atoms with Crippen molar-refractivity contribution in [3.05, 3.63) is 35.7 Å². The fourth-order valence-electron chi connectivity index (χ4n) is 1.26. The molecule has 84 valence electrons. The first-order chi connectivity index (χ1) is 7.65. The fourth-order valence-corrected chi connectivity index (χ4v) is 1.98. The van der Waals surface area contributed by atoms with Crippen LogP contribution in [0.25, 0.3) is 0 Å². The number of nitrogens with zero attached hydrogens (tertiary/aromatic N) is 2. The van der Waals surface area contributed by atoms with Gasteiger partial charge in [0.2, 0.25) is 5.89 Å². The van der Waals surface area contributed by atoms with Gasteiger partial charge < -0.3 is 10.2 Å². The SMILES string of the molecule is Cc1nnc(Sc2ccc(C(C)N)cc2)o1. The summed E-state index contributed by atoms with van der Waals surface area (Å²) < 4.78 is 5.28. The Morgan fingerprint density at radius 1 is 1.25 bits per heavy atom. The molecular weight excluding hydrogens is 222 g/mol. The number of nitrogens with two attached hydrogens (primary N) is 1. The van der Waals surface area contributed by atoms with E-state index in [1.807, 2.05) is 31.2 Å². The van der Waals surface area contributed by atoms with Gasteiger partial charge in [-0.25, -0.2) is 0 Å². The lowest BCUT2D eigenvalue weighted by Crippen LogP contribution is -2.04. The van der Waals surface area contributed by atoms with Crippen molar-refractivity contribution >= 4 is 11.8 Å². The summed E-state index contributed by atoms with van der Waals surface area (Å²) >= 11 is 1.45. The van der Waals surface area contributed by atoms with Crippen molar-refractivity contribution in [2.24, 2.45) is 5.73 Å². The van der Waals surface area contributed by atoms with Crippen LogP contribution in [0.5, 0.6) is 0 Å². The minimum atomic E-state index is 0.0599. The Bertz CT molecular complexity index is 464. The van der Waals surface area contributed by atoms with Crippen LogP contribution in [0.4, 0.5) is 0 Å². The quantitative estimate of drug-likeness (QED) is 0.885. The standard InChI is InChI=1S/C11H13N3OS/c1-7(12)9-3-5-10(6-4-9)16-11-14-13-8(2)15-11/h3-7H,12H2,1-2H3. The monoisotopic (exact) mass is 235 g/mol. The molecule has 0 saturated heterocycles. The fraction of sp³-hybridized carbons (Fsp3) is 0.273. The van der Waals surface area contributed by atoms with Gasteiger partial charge in [0.05, 0.1) is 0 Å². The lowest BCUT2D eigenvalue weighted by molar-refractivity contribution is 0.429. The van der Waals surface area contributed by atoms with E-state index in [0.29, 0.717) is 11.1 Å². The molecular formula is C11H13N3OS. The Morgan fingerprint density at radius 2 is 1.94 bits per heavy atom. The van der Waals surface area contributed by atoms with Gasteiger partial charge >= 0.3 is 0 Å². The van der Waals surface area contributed by atoms with Crippen molar-refractivity contribution in [3.63, 3.8) is 0 Å². The minimum Gasteiger partial charge on any atom is -0.416 e. The summed E-state index contributed by atoms with van der Waals surface area (Å²) in [6, 6.07) is 8.09. The molecule has 0 aliphatic rings. The summed E-state index contributed by atoms with van der Waals surface area (Å²) in [5, 5.41) is 8.25. The average molecular weight is 235 g/mol. The average Bonchev–Trinajstić information content (AvgIpc) is 2.65. The van der Waals surface area contributed by atoms with Crippen LogP contribution in [-0.4, -0.2) is 10.2 Å². The highest BCUT2D eigenvalue weighted by molar-refractivity contribution is 7.99. The van der Waals surface area contributed by atoms with Crippen LogP contribution in [0.15, 0.2) is 38.8 Å². The molecule has 1 heterocycles. The number of aryl methyl sites for hydroxylation is 1. The second-order valence-corrected chi connectivity index (χ2v) is 4.57. The van der Waals surface area contributed by atoms with Gasteiger partial charge in [0.15, 0.2) is 0 Å². The van der Waals surface area contributed by atoms with Crippen LogP contribution in [0.1, 0.15) is 24.4 Å². The maximum Gasteiger partial charge on any atom is 0.281 e. The predicted molar refractivity (Wildman–Crippen MR) is 62.2 cm³/mol. The largest absolute Gasteiger partial charge is 0.416 e. The molecule has 2 rings (SSSR count). The Labute approximate surface area is 98.2 Å². The van der Waals surface area contributed by atoms with Crippen molar-refractivity contribution in [2.45, 2.75) is 30.0 Å². The van der Waals surface area contributed by atoms with E-state index >= 15 is 0 Å². The van der Waals surface area contributed by atoms with Crippen LogP contribution >= 0.6 is 11.8 Å². The maximum atomic E-state index is 5.77. The molecule has 5 heteroatoms. The van der Waals surface area contributed by atoms with E-state index in [2.05, 4.69) is 10.2 Å². The smallest absolute Gasteiger partial charge is 0.281 e. The molecule has 4 nitrogen and oxygen atoms in total. The van der Waals surface area contributed by atoms with Gasteiger partial charge in [-0.2, -0.15) is 0 Å². The molecule has 2 aromatic rings. The lowest BCUT2D eigenvalue weighted by atomic mass is 10.1. The molecule has 0 fully saturated rings. The molecule has 0 bridgehead atoms. The highest BCUT2D eigenvalue weighted by Gasteiger charge is 2.05. The second kappa shape index (κ2) is 4.67. The topological polar surface area (TPSA) is 64.9 Å². The van der Waals surface area contributed by atoms with E-state index in [4.69, 9.17) is 10.2 Å². The molecule has 0 spiro atoms. The van der Waals surface area contributed by atoms with Crippen LogP contribution in [0.2, 0.25) is 0 Å². The molecule has 1 aromatic heterocycles. The van der Waals surface area contributed by atoms with Crippen LogP contribution < -0.4 is 5.73 Å². The van der Waals surface area contributed by atoms with Gasteiger partial charge in [-0.3, -0.25) is 0 Å². The maximum absolute atomic E-state index is 5.77. The molecule has 0 aliphatic heterocycles. The van der Waals surface area contributed by atoms with Crippen LogP contribution in [0, 0.1) is 6.92 Å². The van der Waals surface area contributed by atoms with Gasteiger partial charge in [0, 0.05) is 17.9 Å². The van der Waals surface area contributed by atoms with E-state index < -0.39 is 0 Å². The Morgan fingerprint density at radius 3 is 2.44 bits per heavy atom. The number of benzene rings is 1. The van der Waals surface area contributed by atoms with E-state index in [-0.39, 0.29) is 6.04 Å². The van der Waals surface area contributed by atoms with Gasteiger partial charge in [-0.05, 0) is 36.4 Å². The van der Waals surface area contributed by atoms with E-state index in [0.717, 1.165) is 10.5 Å². The summed E-state index contributed by atoms with van der Waals surface area (Å²) in [7, 11) is 0. The summed E-state index contributed by atoms with van der Waals surface area (Å²) in [5.74, 6) is 0.578. The zero-order valence-corrected chi connectivity index (χ0v) is 9.99. The van der Waals surface area contributed by atoms with E-state index in [1.165, 1.54) is 11.8 Å². The Balaban J connectivity index is 2.11. The summed E-state index contributed by atoms with van der Waals surface area (Å²) in [6.45, 7) is 3.74. The number of hydrogen-bond acceptors (Lipinski definition) is 5. The first-order valence-corrected chi connectivity index (χ1v) is 5.80. The van der Waals surface area contributed by atoms with Crippen LogP contribution in [-0.2, 0) is 0 Å². The first kappa shape index (κ1) is 11.2. The van der Waals surface area contributed by atoms with Crippen molar-refractivity contribution < 1.29 is 4.42 Å². The highest BCUT2D eigenvalue weighted by atomic mass is 32.2. The molecule has 1 atom stereocenters. The molecule has 0 radical (unpaired) electrons. The van der Waals surface area contributed by atoms with Crippen LogP contribution in [0.3, 0.4) is 0 Å². The number of rotatable bonds is 3. The summed E-state index contributed by atoms with van der Waals surface area (Å²) in [6.07, 6.45) is 0. The van der Waals surface area contributed by atoms with Crippen molar-refractivity contribution in [1.82, 2.24) is 10.2 Å². The van der Waals surface area contributed by atoms with Crippen molar-refractivity contribution in [2.75, 3.05) is 0 Å². The van der Waals surface area contributed by atoms with Gasteiger partial charge in [-0.15, -0.1) is 10.2 Å². The summed E-state index contributed by atoms with van der Waals surface area (Å²) in [4.78, 5) is 1.06. The van der Waals surface area contributed by atoms with Gasteiger partial charge in [0.25, 0.3) is 5.22 Å². The molecule has 1 aromatic carbocycles. The Hall–Kier alpha value is -1.33. The Kier molecular flexibility index (Phi) is 3.26. The second-order valence-electron chi connectivity index (χ2n) is 3.55. The van der Waals surface area contributed by atoms with Crippen molar-refractivity contribution in [1.29, 1.82) is 0 Å². The summed E-state index contributed by atoms with van der Waals surface area (Å²) in [5.41, 5.74) is 6.89. The van der Waals surface area contributed by atoms with Crippen molar-refractivity contribution in [3.8, 4) is 0 Å². The molecule has 16 heavy (non-hydrogen) atoms. The zero-order chi connectivity index (χ0) is 11.5. The minimum absolute atomic E-state index is 0.0599. The molecule has 0 saturated carbocycles. The molecule has 2 N–H and O–H groups in total. The normalized spacial score (nSPS) is 12.7. The predicted octanol–water partition coefficient (Wildman–Crippen LogP) is 2.55. The third kappa shape index (κ3) is 2.62. The van der Waals surface area contributed by atoms with E-state index in [9.17, 15) is 0 Å². The third-order valence-corrected chi connectivity index (χ3v) is 2.97. The first-order valence-electron chi connectivity index (χ1n) is 4.98. The van der Waals surface area contributed by atoms with Gasteiger partial charge in [0.1, 0.15) is 0 Å². The van der Waals surface area contributed by atoms with Gasteiger partial charge in [-0.1, -0.05) is 12.1 Å². The number of aromatic nitrogens is 2. The molecule has 0 amide bonds. The zero-order valence-electron chi connectivity index (χ0n) is 9.18. The van der Waals surface area contributed by atoms with E-state index in [1.54, 1.807) is 6.92 Å². The highest BCUT2D eigenvalue weighted by Crippen LogP contribution is 2.27. The molecule has 1 unspecified atom stereocenters. The number of hydrogen-bond donors (Lipinski definition) is 1. The lowest BCUT2D eigenvalue weighted by Gasteiger charge is -2.05. The third-order valence-electron chi connectivity index (χ3n) is 2.12. The molecule has 0 aliphatic carbocycles.